The van der Waals surface area contributed by atoms with Crippen LogP contribution in [0.4, 0.5) is 0 Å². The van der Waals surface area contributed by atoms with E-state index in [1.807, 2.05) is 6.92 Å². The van der Waals surface area contributed by atoms with Crippen LogP contribution in [-0.2, 0) is 11.2 Å². The number of rotatable bonds is 7. The highest BCUT2D eigenvalue weighted by atomic mass is 127. The molecule has 0 aliphatic carbocycles. The highest BCUT2D eigenvalue weighted by Gasteiger charge is 1.99. The number of thiazole rings is 1. The van der Waals surface area contributed by atoms with Crippen molar-refractivity contribution >= 4 is 41.3 Å². The number of nitrogens with one attached hydrogen (secondary N) is 2. The number of methoxy groups -OCH3 is 1. The van der Waals surface area contributed by atoms with E-state index in [1.165, 1.54) is 5.01 Å². The van der Waals surface area contributed by atoms with Crippen LogP contribution in [0.1, 0.15) is 17.1 Å². The van der Waals surface area contributed by atoms with Crippen molar-refractivity contribution in [3.05, 3.63) is 16.1 Å². The third-order valence-corrected chi connectivity index (χ3v) is 3.38. The van der Waals surface area contributed by atoms with E-state index in [-0.39, 0.29) is 24.0 Å². The van der Waals surface area contributed by atoms with Gasteiger partial charge in [0.15, 0.2) is 5.96 Å². The Bertz CT molecular complexity index is 370. The average molecular weight is 398 g/mol. The second-order valence-electron chi connectivity index (χ2n) is 3.90. The normalized spacial score (nSPS) is 11.0. The summed E-state index contributed by atoms with van der Waals surface area (Å²) >= 11 is 1.73. The molecule has 0 spiro atoms. The Balaban J connectivity index is 0.00000324. The lowest BCUT2D eigenvalue weighted by Gasteiger charge is -2.10. The van der Waals surface area contributed by atoms with Gasteiger partial charge in [-0.15, -0.1) is 35.3 Å². The van der Waals surface area contributed by atoms with Crippen LogP contribution < -0.4 is 10.6 Å². The minimum absolute atomic E-state index is 0. The van der Waals surface area contributed by atoms with E-state index in [0.717, 1.165) is 37.6 Å². The van der Waals surface area contributed by atoms with Gasteiger partial charge >= 0.3 is 0 Å². The van der Waals surface area contributed by atoms with Crippen molar-refractivity contribution < 1.29 is 4.74 Å². The molecule has 2 N–H and O–H groups in total. The predicted molar refractivity (Wildman–Crippen MR) is 91.8 cm³/mol. The van der Waals surface area contributed by atoms with Crippen LogP contribution in [0.2, 0.25) is 0 Å². The molecule has 1 aromatic rings. The molecule has 1 rings (SSSR count). The second kappa shape index (κ2) is 11.4. The van der Waals surface area contributed by atoms with Gasteiger partial charge in [0.05, 0.1) is 11.6 Å². The molecule has 0 saturated heterocycles. The summed E-state index contributed by atoms with van der Waals surface area (Å²) in [5.41, 5.74) is 1.11. The lowest BCUT2D eigenvalue weighted by molar-refractivity contribution is 0.203. The molecule has 110 valence electrons. The summed E-state index contributed by atoms with van der Waals surface area (Å²) in [4.78, 5) is 8.57. The maximum absolute atomic E-state index is 4.97. The first-order valence-electron chi connectivity index (χ1n) is 6.10. The summed E-state index contributed by atoms with van der Waals surface area (Å²) in [7, 11) is 3.46. The molecule has 0 unspecified atom stereocenters. The van der Waals surface area contributed by atoms with Crippen LogP contribution in [0.15, 0.2) is 10.4 Å². The van der Waals surface area contributed by atoms with Gasteiger partial charge in [-0.1, -0.05) is 0 Å². The van der Waals surface area contributed by atoms with Crippen LogP contribution in [0, 0.1) is 6.92 Å². The zero-order chi connectivity index (χ0) is 13.2. The number of aromatic nitrogens is 1. The SMILES string of the molecule is CN=C(NCCCc1nc(C)cs1)NCCOC.I. The Labute approximate surface area is 136 Å². The third kappa shape index (κ3) is 8.38. The fourth-order valence-corrected chi connectivity index (χ4v) is 2.27. The molecule has 0 atom stereocenters. The van der Waals surface area contributed by atoms with Crippen LogP contribution in [0.3, 0.4) is 0 Å². The van der Waals surface area contributed by atoms with Crippen LogP contribution >= 0.6 is 35.3 Å². The average Bonchev–Trinajstić information content (AvgIpc) is 2.78. The number of hydrogen-bond donors (Lipinski definition) is 2. The molecule has 0 aliphatic heterocycles. The highest BCUT2D eigenvalue weighted by Crippen LogP contribution is 2.10. The van der Waals surface area contributed by atoms with Gasteiger partial charge in [-0.05, 0) is 13.3 Å². The minimum atomic E-state index is 0. The molecular weight excluding hydrogens is 375 g/mol. The van der Waals surface area contributed by atoms with E-state index in [1.54, 1.807) is 25.5 Å². The number of halogens is 1. The van der Waals surface area contributed by atoms with Gasteiger partial charge in [0.1, 0.15) is 0 Å². The Morgan fingerprint density at radius 3 is 2.74 bits per heavy atom. The maximum atomic E-state index is 4.97. The smallest absolute Gasteiger partial charge is 0.191 e. The van der Waals surface area contributed by atoms with Gasteiger partial charge in [-0.25, -0.2) is 4.98 Å². The topological polar surface area (TPSA) is 58.5 Å². The lowest BCUT2D eigenvalue weighted by Crippen LogP contribution is -2.39. The van der Waals surface area contributed by atoms with Crippen LogP contribution in [-0.4, -0.2) is 44.8 Å². The molecule has 0 aromatic carbocycles. The molecule has 7 heteroatoms. The molecule has 0 saturated carbocycles. The number of hydrogen-bond acceptors (Lipinski definition) is 4. The molecule has 0 bridgehead atoms. The molecule has 0 radical (unpaired) electrons. The van der Waals surface area contributed by atoms with Gasteiger partial charge in [0, 0.05) is 44.7 Å². The molecule has 0 amide bonds. The van der Waals surface area contributed by atoms with E-state index in [2.05, 4.69) is 26.0 Å². The van der Waals surface area contributed by atoms with Crippen LogP contribution in [0.5, 0.6) is 0 Å². The highest BCUT2D eigenvalue weighted by molar-refractivity contribution is 14.0. The van der Waals surface area contributed by atoms with Gasteiger partial charge in [0.25, 0.3) is 0 Å². The fraction of sp³-hybridized carbons (Fsp3) is 0.667. The largest absolute Gasteiger partial charge is 0.383 e. The van der Waals surface area contributed by atoms with Crippen molar-refractivity contribution in [2.75, 3.05) is 33.9 Å². The first-order valence-corrected chi connectivity index (χ1v) is 6.98. The summed E-state index contributed by atoms with van der Waals surface area (Å²) in [6.45, 7) is 4.37. The monoisotopic (exact) mass is 398 g/mol. The molecule has 5 nitrogen and oxygen atoms in total. The zero-order valence-corrected chi connectivity index (χ0v) is 14.9. The van der Waals surface area contributed by atoms with Crippen molar-refractivity contribution in [1.29, 1.82) is 0 Å². The summed E-state index contributed by atoms with van der Waals surface area (Å²) in [6.07, 6.45) is 2.07. The molecule has 0 fully saturated rings. The van der Waals surface area contributed by atoms with Gasteiger partial charge in [0.2, 0.25) is 0 Å². The van der Waals surface area contributed by atoms with Crippen molar-refractivity contribution in [1.82, 2.24) is 15.6 Å². The molecule has 0 aliphatic rings. The second-order valence-corrected chi connectivity index (χ2v) is 4.85. The van der Waals surface area contributed by atoms with Crippen molar-refractivity contribution in [2.45, 2.75) is 19.8 Å². The summed E-state index contributed by atoms with van der Waals surface area (Å²) in [5.74, 6) is 0.822. The van der Waals surface area contributed by atoms with Gasteiger partial charge in [-0.3, -0.25) is 4.99 Å². The molecule has 1 heterocycles. The van der Waals surface area contributed by atoms with E-state index >= 15 is 0 Å². The van der Waals surface area contributed by atoms with Crippen molar-refractivity contribution in [2.24, 2.45) is 4.99 Å². The quantitative estimate of drug-likeness (QED) is 0.319. The third-order valence-electron chi connectivity index (χ3n) is 2.35. The first-order chi connectivity index (χ1) is 8.76. The van der Waals surface area contributed by atoms with E-state index in [4.69, 9.17) is 4.74 Å². The summed E-state index contributed by atoms with van der Waals surface area (Å²) < 4.78 is 4.97. The number of aryl methyl sites for hydroxylation is 2. The molecular formula is C12H23IN4OS. The van der Waals surface area contributed by atoms with E-state index < -0.39 is 0 Å². The van der Waals surface area contributed by atoms with E-state index in [9.17, 15) is 0 Å². The standard InChI is InChI=1S/C12H22N4OS.HI/c1-10-9-18-11(16-10)5-4-6-14-12(13-2)15-7-8-17-3;/h9H,4-8H2,1-3H3,(H2,13,14,15);1H. The number of ether oxygens (including phenoxy) is 1. The number of aliphatic imine (C=N–C) groups is 1. The fourth-order valence-electron chi connectivity index (χ4n) is 1.46. The Morgan fingerprint density at radius 1 is 1.42 bits per heavy atom. The Morgan fingerprint density at radius 2 is 2.16 bits per heavy atom. The van der Waals surface area contributed by atoms with Crippen molar-refractivity contribution in [3.8, 4) is 0 Å². The Kier molecular flexibility index (Phi) is 11.2. The van der Waals surface area contributed by atoms with Crippen LogP contribution in [0.25, 0.3) is 0 Å². The number of nitrogens with zero attached hydrogens (tertiary/aromatic N) is 2. The van der Waals surface area contributed by atoms with Crippen molar-refractivity contribution in [3.63, 3.8) is 0 Å². The summed E-state index contributed by atoms with van der Waals surface area (Å²) in [6, 6.07) is 0. The maximum Gasteiger partial charge on any atom is 0.191 e. The number of guanidine groups is 1. The first kappa shape index (κ1) is 18.6. The van der Waals surface area contributed by atoms with E-state index in [0.29, 0.717) is 6.61 Å². The lowest BCUT2D eigenvalue weighted by atomic mass is 10.3. The summed E-state index contributed by atoms with van der Waals surface area (Å²) in [5, 5.41) is 9.74. The Hall–Kier alpha value is -0.410. The zero-order valence-electron chi connectivity index (χ0n) is 11.7. The predicted octanol–water partition coefficient (Wildman–Crippen LogP) is 1.81. The minimum Gasteiger partial charge on any atom is -0.383 e. The molecule has 1 aromatic heterocycles. The van der Waals surface area contributed by atoms with Gasteiger partial charge in [-0.2, -0.15) is 0 Å². The molecule has 19 heavy (non-hydrogen) atoms. The van der Waals surface area contributed by atoms with Gasteiger partial charge < -0.3 is 15.4 Å².